The SMILES string of the molecule is CN(CCN(C)CC1CCC(n2cc(NC(=O)c3cnn4ccc(N5C[C@H]6C[C@@H]5CO6)nc34)c(C(F)F)n2)CC1)Cc1ccc(COc2cccc3c2CN(C2CCC(=O)NC2=O)C3=O)cc1. The van der Waals surface area contributed by atoms with Crippen LogP contribution in [0.3, 0.4) is 0 Å². The number of rotatable bonds is 16. The van der Waals surface area contributed by atoms with Gasteiger partial charge in [-0.3, -0.25) is 29.2 Å². The number of carbonyl (C=O) groups is 4. The lowest BCUT2D eigenvalue weighted by Crippen LogP contribution is -2.52. The van der Waals surface area contributed by atoms with Gasteiger partial charge in [0.15, 0.2) is 11.3 Å². The minimum Gasteiger partial charge on any atom is -0.489 e. The number of morpholine rings is 1. The summed E-state index contributed by atoms with van der Waals surface area (Å²) in [4.78, 5) is 64.0. The quantitative estimate of drug-likeness (QED) is 0.124. The first kappa shape index (κ1) is 44.5. The summed E-state index contributed by atoms with van der Waals surface area (Å²) in [6.45, 7) is 5.45. The van der Waals surface area contributed by atoms with Crippen LogP contribution in [0.15, 0.2) is 67.1 Å². The normalized spacial score (nSPS) is 22.7. The zero-order valence-electron chi connectivity index (χ0n) is 37.7. The molecule has 5 aliphatic rings. The average Bonchev–Trinajstić information content (AvgIpc) is 4.18. The van der Waals surface area contributed by atoms with Crippen LogP contribution in [0.1, 0.15) is 101 Å². The number of carbonyl (C=O) groups excluding carboxylic acids is 4. The topological polar surface area (TPSA) is 172 Å². The Morgan fingerprint density at radius 3 is 2.51 bits per heavy atom. The first-order valence-electron chi connectivity index (χ1n) is 23.2. The number of hydrogen-bond acceptors (Lipinski definition) is 12. The lowest BCUT2D eigenvalue weighted by atomic mass is 9.86. The van der Waals surface area contributed by atoms with Gasteiger partial charge in [-0.25, -0.2) is 18.3 Å². The Morgan fingerprint density at radius 2 is 1.76 bits per heavy atom. The van der Waals surface area contributed by atoms with Gasteiger partial charge >= 0.3 is 0 Å². The first-order valence-corrected chi connectivity index (χ1v) is 23.2. The third kappa shape index (κ3) is 9.36. The summed E-state index contributed by atoms with van der Waals surface area (Å²) in [7, 11) is 4.25. The Morgan fingerprint density at radius 1 is 0.970 bits per heavy atom. The van der Waals surface area contributed by atoms with E-state index in [9.17, 15) is 28.0 Å². The predicted molar refractivity (Wildman–Crippen MR) is 242 cm³/mol. The van der Waals surface area contributed by atoms with Gasteiger partial charge in [-0.1, -0.05) is 30.3 Å². The van der Waals surface area contributed by atoms with E-state index < -0.39 is 30.0 Å². The average molecular weight is 920 g/mol. The Hall–Kier alpha value is -6.31. The number of alkyl halides is 2. The van der Waals surface area contributed by atoms with Crippen LogP contribution in [-0.4, -0.2) is 128 Å². The first-order chi connectivity index (χ1) is 32.4. The van der Waals surface area contributed by atoms with Crippen molar-refractivity contribution < 1.29 is 37.4 Å². The van der Waals surface area contributed by atoms with E-state index in [1.807, 2.05) is 24.3 Å². The van der Waals surface area contributed by atoms with Crippen LogP contribution in [0, 0.1) is 5.92 Å². The van der Waals surface area contributed by atoms with Crippen LogP contribution in [0.5, 0.6) is 5.75 Å². The number of imide groups is 1. The van der Waals surface area contributed by atoms with Gasteiger partial charge < -0.3 is 34.4 Å². The molecule has 0 spiro atoms. The van der Waals surface area contributed by atoms with Gasteiger partial charge in [-0.2, -0.15) is 10.2 Å². The Labute approximate surface area is 386 Å². The van der Waals surface area contributed by atoms with Crippen LogP contribution < -0.4 is 20.3 Å². The number of nitrogens with one attached hydrogen (secondary N) is 2. The molecule has 3 aromatic heterocycles. The van der Waals surface area contributed by atoms with Crippen molar-refractivity contribution in [3.8, 4) is 5.75 Å². The molecule has 352 valence electrons. The van der Waals surface area contributed by atoms with Crippen LogP contribution >= 0.6 is 0 Å². The van der Waals surface area contributed by atoms with Crippen LogP contribution in [0.4, 0.5) is 20.3 Å². The van der Waals surface area contributed by atoms with E-state index in [2.05, 4.69) is 61.8 Å². The van der Waals surface area contributed by atoms with Crippen molar-refractivity contribution in [2.24, 2.45) is 5.92 Å². The molecule has 7 heterocycles. The summed E-state index contributed by atoms with van der Waals surface area (Å²) in [5, 5.41) is 13.6. The second-order valence-electron chi connectivity index (χ2n) is 18.7. The van der Waals surface area contributed by atoms with Crippen LogP contribution in [-0.2, 0) is 34.0 Å². The van der Waals surface area contributed by atoms with Crippen LogP contribution in [0.25, 0.3) is 5.65 Å². The van der Waals surface area contributed by atoms with E-state index in [-0.39, 0.29) is 54.2 Å². The van der Waals surface area contributed by atoms with Crippen molar-refractivity contribution >= 4 is 40.8 Å². The number of piperidine rings is 1. The van der Waals surface area contributed by atoms with Crippen molar-refractivity contribution in [3.63, 3.8) is 0 Å². The number of ether oxygens (including phenoxy) is 2. The molecule has 67 heavy (non-hydrogen) atoms. The van der Waals surface area contributed by atoms with Gasteiger partial charge in [0.2, 0.25) is 11.8 Å². The minimum absolute atomic E-state index is 0.00580. The Kier molecular flexibility index (Phi) is 12.5. The van der Waals surface area contributed by atoms with Gasteiger partial charge in [0.1, 0.15) is 29.8 Å². The van der Waals surface area contributed by atoms with Crippen molar-refractivity contribution in [2.75, 3.05) is 57.1 Å². The molecular weight excluding hydrogens is 865 g/mol. The highest BCUT2D eigenvalue weighted by Gasteiger charge is 2.41. The summed E-state index contributed by atoms with van der Waals surface area (Å²) in [6, 6.07) is 15.1. The number of likely N-dealkylation sites (N-methyl/N-ethyl adjacent to an activating group) is 2. The molecule has 3 saturated heterocycles. The van der Waals surface area contributed by atoms with Crippen molar-refractivity contribution in [2.45, 2.75) is 95.3 Å². The maximum Gasteiger partial charge on any atom is 0.284 e. The molecule has 0 radical (unpaired) electrons. The second-order valence-corrected chi connectivity index (χ2v) is 18.7. The highest BCUT2D eigenvalue weighted by Crippen LogP contribution is 2.37. The fourth-order valence-corrected chi connectivity index (χ4v) is 10.4. The summed E-state index contributed by atoms with van der Waals surface area (Å²) in [6.07, 6.45) is 6.98. The molecule has 5 aromatic rings. The molecule has 4 amide bonds. The van der Waals surface area contributed by atoms with E-state index in [0.717, 1.165) is 81.8 Å². The standard InChI is InChI=1S/C48H55F2N11O6/c1-56(22-29-6-8-31(9-7-29)27-67-40-5-3-4-35-37(40)25-59(48(35)65)39-14-15-42(62)54-47(39)64)18-19-57(2)23-30-10-12-32(13-11-30)61-26-38(43(55-61)44(49)50)52-46(63)36-21-51-60-17-16-41(53-45(36)60)58-24-34-20-33(58)28-66-34/h3-9,16-17,21,26,30,32-34,39,44H,10-15,18-20,22-25,27-28H2,1-2H3,(H,52,63)(H,54,62,64)/t30?,32?,33-,34-,39?/m1/s1. The molecule has 19 heteroatoms. The lowest BCUT2D eigenvalue weighted by molar-refractivity contribution is -0.136. The maximum absolute atomic E-state index is 14.3. The minimum atomic E-state index is -2.86. The van der Waals surface area contributed by atoms with Gasteiger partial charge in [0.25, 0.3) is 18.2 Å². The molecule has 17 nitrogen and oxygen atoms in total. The number of aromatic nitrogens is 5. The van der Waals surface area contributed by atoms with E-state index in [0.29, 0.717) is 42.5 Å². The van der Waals surface area contributed by atoms with E-state index in [1.165, 1.54) is 21.2 Å². The van der Waals surface area contributed by atoms with Gasteiger partial charge in [-0.05, 0) is 87.9 Å². The number of halogens is 2. The van der Waals surface area contributed by atoms with Crippen molar-refractivity contribution in [1.82, 2.24) is 44.4 Å². The number of fused-ring (bicyclic) bond motifs is 4. The molecule has 2 bridgehead atoms. The number of benzene rings is 2. The molecule has 1 saturated carbocycles. The molecule has 3 atom stereocenters. The number of hydrogen-bond donors (Lipinski definition) is 2. The third-order valence-corrected chi connectivity index (χ3v) is 14.0. The monoisotopic (exact) mass is 919 g/mol. The van der Waals surface area contributed by atoms with Crippen LogP contribution in [0.2, 0.25) is 0 Å². The van der Waals surface area contributed by atoms with Gasteiger partial charge in [0, 0.05) is 62.7 Å². The summed E-state index contributed by atoms with van der Waals surface area (Å²) in [5.41, 5.74) is 3.53. The Balaban J connectivity index is 0.665. The zero-order valence-corrected chi connectivity index (χ0v) is 37.7. The lowest BCUT2D eigenvalue weighted by Gasteiger charge is -2.32. The van der Waals surface area contributed by atoms with Gasteiger partial charge in [0.05, 0.1) is 43.2 Å². The molecule has 2 N–H and O–H groups in total. The third-order valence-electron chi connectivity index (χ3n) is 14.0. The molecule has 10 rings (SSSR count). The highest BCUT2D eigenvalue weighted by atomic mass is 19.3. The zero-order chi connectivity index (χ0) is 46.3. The highest BCUT2D eigenvalue weighted by molar-refractivity contribution is 6.08. The summed E-state index contributed by atoms with van der Waals surface area (Å²) in [5.74, 6) is 0.258. The molecule has 1 unspecified atom stereocenters. The van der Waals surface area contributed by atoms with E-state index in [1.54, 1.807) is 29.2 Å². The van der Waals surface area contributed by atoms with Gasteiger partial charge in [-0.15, -0.1) is 0 Å². The molecule has 4 aliphatic heterocycles. The molecule has 4 fully saturated rings. The molecular formula is C48H55F2N11O6. The Bertz CT molecular complexity index is 2670. The maximum atomic E-state index is 14.3. The fourth-order valence-electron chi connectivity index (χ4n) is 10.4. The number of anilines is 2. The van der Waals surface area contributed by atoms with Crippen molar-refractivity contribution in [3.05, 3.63) is 101 Å². The number of amides is 4. The molecule has 2 aromatic carbocycles. The predicted octanol–water partition coefficient (Wildman–Crippen LogP) is 5.23. The largest absolute Gasteiger partial charge is 0.489 e. The van der Waals surface area contributed by atoms with E-state index >= 15 is 0 Å². The molecule has 1 aliphatic carbocycles. The van der Waals surface area contributed by atoms with Crippen molar-refractivity contribution in [1.29, 1.82) is 0 Å². The smallest absolute Gasteiger partial charge is 0.284 e. The van der Waals surface area contributed by atoms with E-state index in [4.69, 9.17) is 14.5 Å². The second kappa shape index (κ2) is 18.8. The summed E-state index contributed by atoms with van der Waals surface area (Å²) < 4.78 is 43.7. The number of nitrogens with zero attached hydrogens (tertiary/aromatic N) is 9. The summed E-state index contributed by atoms with van der Waals surface area (Å²) >= 11 is 0. The fraction of sp³-hybridized carbons (Fsp3) is 0.479.